The number of allylic oxidation sites excluding steroid dienone is 2. The fourth-order valence-corrected chi connectivity index (χ4v) is 5.59. The van der Waals surface area contributed by atoms with Crippen molar-refractivity contribution in [2.24, 2.45) is 10.9 Å². The Morgan fingerprint density at radius 2 is 1.53 bits per heavy atom. The Balaban J connectivity index is 1.53. The number of benzene rings is 2. The van der Waals surface area contributed by atoms with Crippen LogP contribution in [0.4, 0.5) is 0 Å². The summed E-state index contributed by atoms with van der Waals surface area (Å²) < 4.78 is 5.92. The van der Waals surface area contributed by atoms with Crippen LogP contribution in [0.1, 0.15) is 68.4 Å². The standard InChI is InChI=1S/C28H29NO3/c1-18-25(28(31)32-22-14-8-9-15-22)26(20-12-6-3-7-13-20)27-23(29-18)16-21(17-24(27)30)19-10-4-2-5-11-19/h2-7,10-13,21-22,25-26H,8-9,14-17H2,1H3/t21-,25?,26-/m0/s1. The number of hydrogen-bond acceptors (Lipinski definition) is 4. The lowest BCUT2D eigenvalue weighted by molar-refractivity contribution is -0.151. The van der Waals surface area contributed by atoms with Crippen LogP contribution in [0.5, 0.6) is 0 Å². The molecule has 4 heteroatoms. The van der Waals surface area contributed by atoms with Crippen molar-refractivity contribution in [3.8, 4) is 0 Å². The number of rotatable bonds is 4. The Bertz CT molecular complexity index is 1060. The molecule has 0 spiro atoms. The predicted molar refractivity (Wildman–Crippen MR) is 125 cm³/mol. The molecule has 164 valence electrons. The highest BCUT2D eigenvalue weighted by molar-refractivity contribution is 6.09. The van der Waals surface area contributed by atoms with Gasteiger partial charge < -0.3 is 4.74 Å². The van der Waals surface area contributed by atoms with E-state index in [1.807, 2.05) is 55.5 Å². The van der Waals surface area contributed by atoms with E-state index in [9.17, 15) is 9.59 Å². The number of Topliss-reactive ketones (excluding diaryl/α,β-unsaturated/α-hetero) is 1. The van der Waals surface area contributed by atoms with E-state index in [1.54, 1.807) is 0 Å². The summed E-state index contributed by atoms with van der Waals surface area (Å²) in [6, 6.07) is 20.1. The molecule has 4 nitrogen and oxygen atoms in total. The molecule has 1 heterocycles. The van der Waals surface area contributed by atoms with Gasteiger partial charge in [0.05, 0.1) is 0 Å². The lowest BCUT2D eigenvalue weighted by atomic mass is 9.69. The summed E-state index contributed by atoms with van der Waals surface area (Å²) in [5.74, 6) is -0.895. The van der Waals surface area contributed by atoms with E-state index >= 15 is 0 Å². The van der Waals surface area contributed by atoms with Crippen molar-refractivity contribution in [2.45, 2.75) is 63.4 Å². The zero-order valence-corrected chi connectivity index (χ0v) is 18.5. The van der Waals surface area contributed by atoms with Crippen LogP contribution in [-0.2, 0) is 14.3 Å². The van der Waals surface area contributed by atoms with Crippen LogP contribution >= 0.6 is 0 Å². The monoisotopic (exact) mass is 427 g/mol. The summed E-state index contributed by atoms with van der Waals surface area (Å²) in [7, 11) is 0. The van der Waals surface area contributed by atoms with Crippen LogP contribution in [0.3, 0.4) is 0 Å². The molecule has 1 fully saturated rings. The largest absolute Gasteiger partial charge is 0.462 e. The SMILES string of the molecule is CC1=NC2=C(C(=O)C[C@@H](c3ccccc3)C2)[C@@H](c2ccccc2)C1C(=O)OC1CCCC1. The number of carbonyl (C=O) groups is 2. The molecule has 0 bridgehead atoms. The van der Waals surface area contributed by atoms with Gasteiger partial charge in [-0.3, -0.25) is 14.6 Å². The second kappa shape index (κ2) is 8.85. The molecule has 1 saturated carbocycles. The number of ketones is 1. The minimum atomic E-state index is -0.547. The van der Waals surface area contributed by atoms with E-state index in [4.69, 9.17) is 9.73 Å². The fraction of sp³-hybridized carbons (Fsp3) is 0.393. The third kappa shape index (κ3) is 3.94. The molecule has 1 unspecified atom stereocenters. The smallest absolute Gasteiger partial charge is 0.315 e. The highest BCUT2D eigenvalue weighted by Gasteiger charge is 2.45. The van der Waals surface area contributed by atoms with Gasteiger partial charge in [0.1, 0.15) is 12.0 Å². The van der Waals surface area contributed by atoms with Crippen LogP contribution in [0.25, 0.3) is 0 Å². The van der Waals surface area contributed by atoms with Crippen molar-refractivity contribution in [3.05, 3.63) is 83.1 Å². The maximum Gasteiger partial charge on any atom is 0.315 e. The van der Waals surface area contributed by atoms with Crippen molar-refractivity contribution < 1.29 is 14.3 Å². The number of nitrogens with zero attached hydrogens (tertiary/aromatic N) is 1. The molecular weight excluding hydrogens is 398 g/mol. The molecule has 5 rings (SSSR count). The lowest BCUT2D eigenvalue weighted by Crippen LogP contribution is -2.39. The molecule has 2 aliphatic carbocycles. The predicted octanol–water partition coefficient (Wildman–Crippen LogP) is 5.75. The van der Waals surface area contributed by atoms with E-state index in [0.29, 0.717) is 12.0 Å². The molecule has 0 amide bonds. The van der Waals surface area contributed by atoms with Crippen LogP contribution in [0.2, 0.25) is 0 Å². The molecule has 2 aromatic rings. The summed E-state index contributed by atoms with van der Waals surface area (Å²) in [6.45, 7) is 1.91. The summed E-state index contributed by atoms with van der Waals surface area (Å²) in [5.41, 5.74) is 4.45. The van der Waals surface area contributed by atoms with Gasteiger partial charge in [-0.15, -0.1) is 0 Å². The minimum absolute atomic E-state index is 0.00776. The molecule has 0 N–H and O–H groups in total. The van der Waals surface area contributed by atoms with Gasteiger partial charge in [-0.2, -0.15) is 0 Å². The van der Waals surface area contributed by atoms with Gasteiger partial charge in [0.2, 0.25) is 0 Å². The molecule has 0 radical (unpaired) electrons. The molecular formula is C28H29NO3. The van der Waals surface area contributed by atoms with Crippen molar-refractivity contribution in [3.63, 3.8) is 0 Å². The molecule has 2 aromatic carbocycles. The molecule has 0 aromatic heterocycles. The summed E-state index contributed by atoms with van der Waals surface area (Å²) in [6.07, 6.45) is 5.22. The first kappa shape index (κ1) is 20.9. The van der Waals surface area contributed by atoms with E-state index in [0.717, 1.165) is 49.1 Å². The van der Waals surface area contributed by atoms with Crippen LogP contribution < -0.4 is 0 Å². The van der Waals surface area contributed by atoms with E-state index < -0.39 is 5.92 Å². The molecule has 3 aliphatic rings. The van der Waals surface area contributed by atoms with Crippen molar-refractivity contribution >= 4 is 17.5 Å². The van der Waals surface area contributed by atoms with Crippen molar-refractivity contribution in [2.75, 3.05) is 0 Å². The Hall–Kier alpha value is -3.01. The zero-order chi connectivity index (χ0) is 22.1. The Kier molecular flexibility index (Phi) is 5.77. The Morgan fingerprint density at radius 1 is 0.906 bits per heavy atom. The van der Waals surface area contributed by atoms with Crippen LogP contribution in [0.15, 0.2) is 76.9 Å². The summed E-state index contributed by atoms with van der Waals surface area (Å²) >= 11 is 0. The topological polar surface area (TPSA) is 55.7 Å². The molecule has 32 heavy (non-hydrogen) atoms. The molecule has 3 atom stereocenters. The Labute approximate surface area is 189 Å². The van der Waals surface area contributed by atoms with E-state index in [2.05, 4.69) is 12.1 Å². The van der Waals surface area contributed by atoms with Crippen LogP contribution in [0, 0.1) is 5.92 Å². The van der Waals surface area contributed by atoms with Crippen LogP contribution in [-0.4, -0.2) is 23.6 Å². The van der Waals surface area contributed by atoms with Crippen molar-refractivity contribution in [1.82, 2.24) is 0 Å². The first-order valence-corrected chi connectivity index (χ1v) is 11.7. The zero-order valence-electron chi connectivity index (χ0n) is 18.5. The summed E-state index contributed by atoms with van der Waals surface area (Å²) in [5, 5.41) is 0. The first-order chi connectivity index (χ1) is 15.6. The van der Waals surface area contributed by atoms with E-state index in [1.165, 1.54) is 5.56 Å². The summed E-state index contributed by atoms with van der Waals surface area (Å²) in [4.78, 5) is 31.8. The lowest BCUT2D eigenvalue weighted by Gasteiger charge is -2.37. The number of hydrogen-bond donors (Lipinski definition) is 0. The van der Waals surface area contributed by atoms with Gasteiger partial charge in [-0.1, -0.05) is 60.7 Å². The molecule has 1 aliphatic heterocycles. The number of aliphatic imine (C=N–C) groups is 1. The number of carbonyl (C=O) groups excluding carboxylic acids is 2. The highest BCUT2D eigenvalue weighted by Crippen LogP contribution is 2.47. The fourth-order valence-electron chi connectivity index (χ4n) is 5.59. The second-order valence-corrected chi connectivity index (χ2v) is 9.26. The first-order valence-electron chi connectivity index (χ1n) is 11.7. The maximum absolute atomic E-state index is 13.5. The Morgan fingerprint density at radius 3 is 2.19 bits per heavy atom. The average Bonchev–Trinajstić information content (AvgIpc) is 3.32. The number of esters is 1. The third-order valence-electron chi connectivity index (χ3n) is 7.16. The van der Waals surface area contributed by atoms with Gasteiger partial charge in [0.25, 0.3) is 0 Å². The van der Waals surface area contributed by atoms with Gasteiger partial charge in [0.15, 0.2) is 5.78 Å². The van der Waals surface area contributed by atoms with E-state index in [-0.39, 0.29) is 29.7 Å². The minimum Gasteiger partial charge on any atom is -0.462 e. The quantitative estimate of drug-likeness (QED) is 0.584. The second-order valence-electron chi connectivity index (χ2n) is 9.26. The normalized spacial score (nSPS) is 26.0. The van der Waals surface area contributed by atoms with Gasteiger partial charge in [0, 0.05) is 29.3 Å². The maximum atomic E-state index is 13.5. The van der Waals surface area contributed by atoms with Gasteiger partial charge >= 0.3 is 5.97 Å². The van der Waals surface area contributed by atoms with Gasteiger partial charge in [-0.25, -0.2) is 0 Å². The number of ether oxygens (including phenoxy) is 1. The third-order valence-corrected chi connectivity index (χ3v) is 7.16. The van der Waals surface area contributed by atoms with Gasteiger partial charge in [-0.05, 0) is 56.1 Å². The van der Waals surface area contributed by atoms with Crippen molar-refractivity contribution in [1.29, 1.82) is 0 Å². The highest BCUT2D eigenvalue weighted by atomic mass is 16.5. The average molecular weight is 428 g/mol. The molecule has 0 saturated heterocycles.